The number of hydrogen-bond acceptors (Lipinski definition) is 6. The summed E-state index contributed by atoms with van der Waals surface area (Å²) in [6.45, 7) is 0.141. The molecule has 3 heterocycles. The quantitative estimate of drug-likeness (QED) is 0.388. The molecule has 0 aliphatic rings. The minimum Gasteiger partial charge on any atom is -0.337 e. The lowest BCUT2D eigenvalue weighted by Crippen LogP contribution is -2.21. The topological polar surface area (TPSA) is 78.2 Å². The number of hydrogen-bond donors (Lipinski definition) is 0. The molecule has 9 heteroatoms. The third-order valence-electron chi connectivity index (χ3n) is 4.87. The molecule has 0 aliphatic carbocycles. The van der Waals surface area contributed by atoms with Crippen LogP contribution in [0.1, 0.15) is 5.89 Å². The summed E-state index contributed by atoms with van der Waals surface area (Å²) in [4.78, 5) is 18.5. The van der Waals surface area contributed by atoms with E-state index >= 15 is 0 Å². The van der Waals surface area contributed by atoms with Crippen LogP contribution in [-0.2, 0) is 6.54 Å². The van der Waals surface area contributed by atoms with Gasteiger partial charge in [-0.05, 0) is 60.9 Å². The van der Waals surface area contributed by atoms with Gasteiger partial charge in [-0.1, -0.05) is 5.16 Å². The van der Waals surface area contributed by atoms with Crippen molar-refractivity contribution in [3.63, 3.8) is 0 Å². The van der Waals surface area contributed by atoms with Crippen LogP contribution in [0.3, 0.4) is 0 Å². The predicted octanol–water partition coefficient (Wildman–Crippen LogP) is 4.12. The lowest BCUT2D eigenvalue weighted by atomic mass is 10.1. The van der Waals surface area contributed by atoms with Gasteiger partial charge in [-0.3, -0.25) is 4.79 Å². The first kappa shape index (κ1) is 19.3. The highest BCUT2D eigenvalue weighted by atomic mass is 32.2. The van der Waals surface area contributed by atoms with E-state index in [1.807, 2.05) is 30.5 Å². The molecule has 0 N–H and O–H groups in total. The highest BCUT2D eigenvalue weighted by molar-refractivity contribution is 7.98. The molecule has 5 aromatic rings. The molecule has 31 heavy (non-hydrogen) atoms. The van der Waals surface area contributed by atoms with Crippen molar-refractivity contribution in [1.29, 1.82) is 0 Å². The molecule has 154 valence electrons. The van der Waals surface area contributed by atoms with Crippen LogP contribution in [0, 0.1) is 5.82 Å². The summed E-state index contributed by atoms with van der Waals surface area (Å²) in [7, 11) is 0. The van der Waals surface area contributed by atoms with Crippen molar-refractivity contribution in [3.8, 4) is 22.6 Å². The van der Waals surface area contributed by atoms with E-state index in [0.29, 0.717) is 22.9 Å². The van der Waals surface area contributed by atoms with Gasteiger partial charge >= 0.3 is 0 Å². The first-order valence-electron chi connectivity index (χ1n) is 9.42. The van der Waals surface area contributed by atoms with E-state index in [2.05, 4.69) is 15.2 Å². The maximum absolute atomic E-state index is 13.2. The van der Waals surface area contributed by atoms with Gasteiger partial charge in [-0.25, -0.2) is 8.91 Å². The highest BCUT2D eigenvalue weighted by Gasteiger charge is 2.13. The number of nitrogens with zero attached hydrogens (tertiary/aromatic N) is 5. The van der Waals surface area contributed by atoms with Crippen LogP contribution < -0.4 is 5.56 Å². The molecule has 5 rings (SSSR count). The Morgan fingerprint density at radius 1 is 1.03 bits per heavy atom. The zero-order valence-corrected chi connectivity index (χ0v) is 17.2. The van der Waals surface area contributed by atoms with E-state index in [0.717, 1.165) is 16.0 Å². The maximum Gasteiger partial charge on any atom is 0.277 e. The molecule has 7 nitrogen and oxygen atoms in total. The van der Waals surface area contributed by atoms with Gasteiger partial charge in [0.15, 0.2) is 0 Å². The van der Waals surface area contributed by atoms with E-state index in [1.54, 1.807) is 42.4 Å². The van der Waals surface area contributed by atoms with Gasteiger partial charge in [0.1, 0.15) is 17.9 Å². The largest absolute Gasteiger partial charge is 0.337 e. The Morgan fingerprint density at radius 2 is 1.77 bits per heavy atom. The summed E-state index contributed by atoms with van der Waals surface area (Å²) in [6, 6.07) is 15.5. The Balaban J connectivity index is 1.43. The second-order valence-electron chi connectivity index (χ2n) is 6.84. The zero-order valence-electron chi connectivity index (χ0n) is 16.4. The van der Waals surface area contributed by atoms with Crippen molar-refractivity contribution < 1.29 is 8.91 Å². The summed E-state index contributed by atoms with van der Waals surface area (Å²) < 4.78 is 21.5. The molecule has 0 spiro atoms. The number of fused-ring (bicyclic) bond motifs is 1. The molecule has 0 fully saturated rings. The van der Waals surface area contributed by atoms with E-state index in [4.69, 9.17) is 4.52 Å². The third kappa shape index (κ3) is 3.75. The van der Waals surface area contributed by atoms with Gasteiger partial charge in [0.2, 0.25) is 11.7 Å². The van der Waals surface area contributed by atoms with Crippen LogP contribution in [0.15, 0.2) is 81.2 Å². The monoisotopic (exact) mass is 433 g/mol. The fraction of sp³-hybridized carbons (Fsp3) is 0.0909. The SMILES string of the molecule is CSc1ccc(-c2noc(Cn3ccn4nc(-c5ccc(F)cc5)cc4c3=O)n2)cc1. The molecule has 0 radical (unpaired) electrons. The molecule has 0 saturated heterocycles. The average molecular weight is 433 g/mol. The average Bonchev–Trinajstić information content (AvgIpc) is 3.44. The van der Waals surface area contributed by atoms with Crippen molar-refractivity contribution in [2.75, 3.05) is 6.26 Å². The lowest BCUT2D eigenvalue weighted by molar-refractivity contribution is 0.370. The smallest absolute Gasteiger partial charge is 0.277 e. The fourth-order valence-electron chi connectivity index (χ4n) is 3.23. The van der Waals surface area contributed by atoms with Crippen molar-refractivity contribution >= 4 is 17.3 Å². The van der Waals surface area contributed by atoms with Gasteiger partial charge in [-0.2, -0.15) is 10.1 Å². The van der Waals surface area contributed by atoms with Gasteiger partial charge in [0, 0.05) is 28.4 Å². The van der Waals surface area contributed by atoms with Gasteiger partial charge in [0.05, 0.1) is 5.69 Å². The molecule has 0 aliphatic heterocycles. The minimum absolute atomic E-state index is 0.141. The van der Waals surface area contributed by atoms with Gasteiger partial charge in [0.25, 0.3) is 5.56 Å². The Hall–Kier alpha value is -3.72. The van der Waals surface area contributed by atoms with Crippen LogP contribution >= 0.6 is 11.8 Å². The summed E-state index contributed by atoms with van der Waals surface area (Å²) in [5, 5.41) is 8.43. The minimum atomic E-state index is -0.325. The maximum atomic E-state index is 13.2. The van der Waals surface area contributed by atoms with E-state index < -0.39 is 0 Å². The Morgan fingerprint density at radius 3 is 2.52 bits per heavy atom. The molecule has 0 atom stereocenters. The summed E-state index contributed by atoms with van der Waals surface area (Å²) in [5.74, 6) is 0.474. The Kier molecular flexibility index (Phi) is 4.87. The highest BCUT2D eigenvalue weighted by Crippen LogP contribution is 2.21. The summed E-state index contributed by atoms with van der Waals surface area (Å²) in [6.07, 6.45) is 5.31. The van der Waals surface area contributed by atoms with Crippen LogP contribution in [0.2, 0.25) is 0 Å². The third-order valence-corrected chi connectivity index (χ3v) is 5.61. The molecule has 3 aromatic heterocycles. The molecule has 0 unspecified atom stereocenters. The van der Waals surface area contributed by atoms with E-state index in [-0.39, 0.29) is 17.9 Å². The van der Waals surface area contributed by atoms with Gasteiger partial charge in [-0.15, -0.1) is 11.8 Å². The number of halogens is 1. The van der Waals surface area contributed by atoms with Crippen molar-refractivity contribution in [2.24, 2.45) is 0 Å². The number of aromatic nitrogens is 5. The van der Waals surface area contributed by atoms with Gasteiger partial charge < -0.3 is 9.09 Å². The van der Waals surface area contributed by atoms with E-state index in [9.17, 15) is 9.18 Å². The molecule has 0 amide bonds. The van der Waals surface area contributed by atoms with Crippen molar-refractivity contribution in [2.45, 2.75) is 11.4 Å². The Labute approximate surface area is 180 Å². The van der Waals surface area contributed by atoms with Crippen molar-refractivity contribution in [3.05, 3.63) is 89.1 Å². The van der Waals surface area contributed by atoms with E-state index in [1.165, 1.54) is 21.2 Å². The van der Waals surface area contributed by atoms with Crippen LogP contribution in [-0.4, -0.2) is 30.6 Å². The fourth-order valence-corrected chi connectivity index (χ4v) is 3.64. The Bertz CT molecular complexity index is 1420. The molecule has 0 saturated carbocycles. The van der Waals surface area contributed by atoms with Crippen LogP contribution in [0.4, 0.5) is 4.39 Å². The second kappa shape index (κ2) is 7.84. The number of thioether (sulfide) groups is 1. The number of benzene rings is 2. The second-order valence-corrected chi connectivity index (χ2v) is 7.72. The van der Waals surface area contributed by atoms with Crippen molar-refractivity contribution in [1.82, 2.24) is 24.3 Å². The normalized spacial score (nSPS) is 11.3. The lowest BCUT2D eigenvalue weighted by Gasteiger charge is -2.02. The molecule has 0 bridgehead atoms. The molecular weight excluding hydrogens is 417 g/mol. The first-order chi connectivity index (χ1) is 15.1. The van der Waals surface area contributed by atoms with Crippen LogP contribution in [0.25, 0.3) is 28.2 Å². The molecular formula is C22H16FN5O2S. The summed E-state index contributed by atoms with van der Waals surface area (Å²) in [5.41, 5.74) is 2.31. The van der Waals surface area contributed by atoms with Crippen LogP contribution in [0.5, 0.6) is 0 Å². The standard InChI is InChI=1S/C22H16FN5O2S/c1-31-17-8-4-15(5-9-17)21-24-20(30-26-21)13-27-10-11-28-19(22(27)29)12-18(25-28)14-2-6-16(23)7-3-14/h2-12H,13H2,1H3. The first-order valence-corrected chi connectivity index (χ1v) is 10.6. The molecule has 2 aromatic carbocycles. The summed E-state index contributed by atoms with van der Waals surface area (Å²) >= 11 is 1.66. The predicted molar refractivity (Wildman–Crippen MR) is 115 cm³/mol. The number of rotatable bonds is 5. The zero-order chi connectivity index (χ0) is 21.4.